The lowest BCUT2D eigenvalue weighted by atomic mass is 9.85. The number of aromatic nitrogens is 1. The van der Waals surface area contributed by atoms with Gasteiger partial charge in [0.2, 0.25) is 11.8 Å². The van der Waals surface area contributed by atoms with Crippen LogP contribution in [0.2, 0.25) is 0 Å². The summed E-state index contributed by atoms with van der Waals surface area (Å²) in [5, 5.41) is 14.9. The smallest absolute Gasteiger partial charge is 0.320 e. The number of aryl methyl sites for hydroxylation is 1. The molecule has 1 aliphatic rings. The van der Waals surface area contributed by atoms with Gasteiger partial charge in [-0.1, -0.05) is 58.6 Å². The van der Waals surface area contributed by atoms with E-state index < -0.39 is 23.4 Å². The molecule has 0 radical (unpaired) electrons. The van der Waals surface area contributed by atoms with Crippen molar-refractivity contribution in [3.8, 4) is 16.9 Å². The summed E-state index contributed by atoms with van der Waals surface area (Å²) in [6, 6.07) is 9.06. The van der Waals surface area contributed by atoms with Crippen molar-refractivity contribution in [1.82, 2.24) is 29.5 Å². The Balaban J connectivity index is 1.62. The normalized spacial score (nSPS) is 15.2. The Bertz CT molecular complexity index is 2250. The maximum atomic E-state index is 13.9. The fourth-order valence-corrected chi connectivity index (χ4v) is 8.23. The fraction of sp³-hybridized carbons (Fsp3) is 0.480. The number of phenolic OH excluding ortho intramolecular Hbond substituents is 1. The van der Waals surface area contributed by atoms with Crippen molar-refractivity contribution < 1.29 is 38.6 Å². The van der Waals surface area contributed by atoms with Gasteiger partial charge >= 0.3 is 6.03 Å². The van der Waals surface area contributed by atoms with Crippen LogP contribution in [0.5, 0.6) is 5.75 Å². The highest BCUT2D eigenvalue weighted by Crippen LogP contribution is 2.37. The summed E-state index contributed by atoms with van der Waals surface area (Å²) in [4.78, 5) is 75.5. The number of nitrogens with one attached hydrogen (secondary N) is 1. The maximum Gasteiger partial charge on any atom is 0.320 e. The Morgan fingerprint density at radius 1 is 1.00 bits per heavy atom. The molecular formula is C50H69N7O8. The van der Waals surface area contributed by atoms with Crippen LogP contribution in [-0.2, 0) is 48.0 Å². The number of aliphatic imine (C=N–C) groups is 1. The highest BCUT2D eigenvalue weighted by molar-refractivity contribution is 5.93. The van der Waals surface area contributed by atoms with Crippen LogP contribution in [0, 0.1) is 11.3 Å². The number of aromatic hydroxyl groups is 1. The van der Waals surface area contributed by atoms with Crippen molar-refractivity contribution in [1.29, 1.82) is 0 Å². The highest BCUT2D eigenvalue weighted by Gasteiger charge is 2.35. The Morgan fingerprint density at radius 3 is 2.29 bits per heavy atom. The first kappa shape index (κ1) is 51.6. The Kier molecular flexibility index (Phi) is 18.8. The predicted octanol–water partition coefficient (Wildman–Crippen LogP) is 5.97. The molecule has 0 aliphatic carbocycles. The molecule has 2 aromatic carbocycles. The van der Waals surface area contributed by atoms with Gasteiger partial charge in [-0.2, -0.15) is 0 Å². The Hall–Kier alpha value is -6.06. The number of carbonyl (C=O) groups excluding carboxylic acids is 5. The van der Waals surface area contributed by atoms with Gasteiger partial charge < -0.3 is 48.9 Å². The molecule has 0 bridgehead atoms. The lowest BCUT2D eigenvalue weighted by Crippen LogP contribution is -2.59. The van der Waals surface area contributed by atoms with Crippen LogP contribution in [-0.4, -0.2) is 152 Å². The average Bonchev–Trinajstić information content (AvgIpc) is 3.55. The van der Waals surface area contributed by atoms with Gasteiger partial charge in [-0.3, -0.25) is 19.4 Å². The van der Waals surface area contributed by atoms with Gasteiger partial charge in [0.25, 0.3) is 6.47 Å². The summed E-state index contributed by atoms with van der Waals surface area (Å²) in [5.74, 6) is -0.877. The second-order valence-electron chi connectivity index (χ2n) is 18.0. The minimum Gasteiger partial charge on any atom is -0.508 e. The molecule has 2 heterocycles. The molecule has 0 spiro atoms. The zero-order valence-electron chi connectivity index (χ0n) is 39.9. The number of nitrogens with zero attached hydrogens (tertiary/aromatic N) is 6. The number of carbonyl (C=O) groups is 5. The summed E-state index contributed by atoms with van der Waals surface area (Å²) < 4.78 is 13.2. The summed E-state index contributed by atoms with van der Waals surface area (Å²) >= 11 is 0. The number of methoxy groups -OCH3 is 1. The SMILES string of the molecule is C=CC=N/C(=C/c1c(CC(C)(C)COC=O)c2cc(-c3cc(O)cc(CC(C=O)NC(=O)C(C(C)C)N(C)C(=O)N4CCN(C(=O)/C=C/CN(C)C)CC4)c3)ccc2n1CC)C(C)OC. The largest absolute Gasteiger partial charge is 0.508 e. The molecule has 3 unspecified atom stereocenters. The number of ether oxygens (including phenoxy) is 2. The first-order chi connectivity index (χ1) is 30.9. The molecule has 65 heavy (non-hydrogen) atoms. The topological polar surface area (TPSA) is 166 Å². The summed E-state index contributed by atoms with van der Waals surface area (Å²) in [6.45, 7) is 18.9. The third-order valence-corrected chi connectivity index (χ3v) is 11.6. The first-order valence-electron chi connectivity index (χ1n) is 22.2. The van der Waals surface area contributed by atoms with Crippen molar-refractivity contribution in [2.75, 3.05) is 67.6 Å². The minimum atomic E-state index is -0.956. The molecule has 1 saturated heterocycles. The quantitative estimate of drug-likeness (QED) is 0.0702. The highest BCUT2D eigenvalue weighted by atomic mass is 16.5. The molecule has 3 aromatic rings. The molecule has 4 amide bonds. The number of hydrogen-bond acceptors (Lipinski definition) is 10. The van der Waals surface area contributed by atoms with E-state index in [-0.39, 0.29) is 42.7 Å². The van der Waals surface area contributed by atoms with Crippen LogP contribution in [0.1, 0.15) is 58.4 Å². The number of amides is 4. The molecule has 3 atom stereocenters. The molecule has 15 nitrogen and oxygen atoms in total. The standard InChI is InChI=1S/C50H69N7O8/c1-12-18-51-43(35(5)64-11)29-45-42(30-50(6,7)32-65-33-59)41-28-37(16-17-44(41)57(45)13-2)38-24-36(26-40(60)27-38)25-39(31-58)52-48(62)47(34(3)4)54(10)49(63)56-22-20-55(21-23-56)46(61)15-14-19-53(8)9/h12,14-18,24,26-29,31,33-35,39,47,60H,1,13,19-23,25,30,32H2,2-11H3,(H,52,62)/b15-14+,43-29+,51-18?. The zero-order chi connectivity index (χ0) is 48.0. The Labute approximate surface area is 384 Å². The van der Waals surface area contributed by atoms with Crippen molar-refractivity contribution in [3.63, 3.8) is 0 Å². The van der Waals surface area contributed by atoms with E-state index in [0.29, 0.717) is 75.3 Å². The number of rotatable bonds is 22. The Morgan fingerprint density at radius 2 is 1.69 bits per heavy atom. The number of likely N-dealkylation sites (N-methyl/N-ethyl adjacent to an activating group) is 2. The molecule has 2 N–H and O–H groups in total. The minimum absolute atomic E-state index is 0.00858. The summed E-state index contributed by atoms with van der Waals surface area (Å²) in [5.41, 5.74) is 5.34. The van der Waals surface area contributed by atoms with E-state index in [1.54, 1.807) is 54.5 Å². The lowest BCUT2D eigenvalue weighted by Gasteiger charge is -2.39. The number of allylic oxidation sites excluding steroid dienone is 1. The second kappa shape index (κ2) is 23.7. The van der Waals surface area contributed by atoms with Crippen molar-refractivity contribution in [3.05, 3.63) is 83.7 Å². The molecular weight excluding hydrogens is 827 g/mol. The van der Waals surface area contributed by atoms with Gasteiger partial charge in [0.05, 0.1) is 24.4 Å². The van der Waals surface area contributed by atoms with E-state index in [2.05, 4.69) is 34.4 Å². The van der Waals surface area contributed by atoms with Crippen molar-refractivity contribution in [2.45, 2.75) is 79.1 Å². The van der Waals surface area contributed by atoms with E-state index in [9.17, 15) is 29.1 Å². The van der Waals surface area contributed by atoms with Gasteiger partial charge in [0.1, 0.15) is 18.1 Å². The van der Waals surface area contributed by atoms with Crippen molar-refractivity contribution in [2.24, 2.45) is 16.3 Å². The van der Waals surface area contributed by atoms with Crippen LogP contribution < -0.4 is 5.32 Å². The fourth-order valence-electron chi connectivity index (χ4n) is 8.23. The van der Waals surface area contributed by atoms with E-state index in [4.69, 9.17) is 9.47 Å². The molecule has 15 heteroatoms. The molecule has 4 rings (SSSR count). The molecule has 1 aromatic heterocycles. The summed E-state index contributed by atoms with van der Waals surface area (Å²) in [7, 11) is 7.06. The first-order valence-corrected chi connectivity index (χ1v) is 22.2. The van der Waals surface area contributed by atoms with Gasteiger partial charge in [-0.25, -0.2) is 4.79 Å². The van der Waals surface area contributed by atoms with Crippen LogP contribution in [0.3, 0.4) is 0 Å². The van der Waals surface area contributed by atoms with E-state index in [1.165, 1.54) is 4.90 Å². The van der Waals surface area contributed by atoms with Crippen LogP contribution in [0.4, 0.5) is 4.79 Å². The van der Waals surface area contributed by atoms with Crippen LogP contribution in [0.15, 0.2) is 71.9 Å². The second-order valence-corrected chi connectivity index (χ2v) is 18.0. The number of urea groups is 1. The van der Waals surface area contributed by atoms with Gasteiger partial charge in [0.15, 0.2) is 0 Å². The number of aldehydes is 1. The van der Waals surface area contributed by atoms with Crippen LogP contribution >= 0.6 is 0 Å². The maximum absolute atomic E-state index is 13.9. The lowest BCUT2D eigenvalue weighted by molar-refractivity contribution is -0.131. The third-order valence-electron chi connectivity index (χ3n) is 11.6. The van der Waals surface area contributed by atoms with E-state index in [0.717, 1.165) is 27.7 Å². The number of hydrogen-bond donors (Lipinski definition) is 2. The number of phenols is 1. The number of piperazine rings is 1. The van der Waals surface area contributed by atoms with E-state index >= 15 is 0 Å². The molecule has 352 valence electrons. The number of fused-ring (bicyclic) bond motifs is 1. The predicted molar refractivity (Wildman–Crippen MR) is 257 cm³/mol. The summed E-state index contributed by atoms with van der Waals surface area (Å²) in [6.07, 6.45) is 9.62. The monoisotopic (exact) mass is 896 g/mol. The van der Waals surface area contributed by atoms with E-state index in [1.807, 2.05) is 84.0 Å². The molecule has 1 fully saturated rings. The van der Waals surface area contributed by atoms with Crippen LogP contribution in [0.25, 0.3) is 28.1 Å². The molecule has 0 saturated carbocycles. The average molecular weight is 896 g/mol. The molecule has 1 aliphatic heterocycles. The van der Waals surface area contributed by atoms with Gasteiger partial charge in [-0.05, 0) is 99.3 Å². The van der Waals surface area contributed by atoms with Crippen molar-refractivity contribution >= 4 is 53.8 Å². The zero-order valence-corrected chi connectivity index (χ0v) is 39.9. The number of benzene rings is 2. The third kappa shape index (κ3) is 13.7. The van der Waals surface area contributed by atoms with Gasteiger partial charge in [-0.15, -0.1) is 0 Å². The van der Waals surface area contributed by atoms with Gasteiger partial charge in [0, 0.05) is 87.7 Å².